The predicted octanol–water partition coefficient (Wildman–Crippen LogP) is 7.66. The van der Waals surface area contributed by atoms with Crippen molar-refractivity contribution in [3.8, 4) is 11.1 Å². The van der Waals surface area contributed by atoms with E-state index in [0.29, 0.717) is 0 Å². The van der Waals surface area contributed by atoms with E-state index in [-0.39, 0.29) is 0 Å². The molecule has 0 spiro atoms. The van der Waals surface area contributed by atoms with Crippen LogP contribution in [-0.4, -0.2) is 0 Å². The predicted molar refractivity (Wildman–Crippen MR) is 122 cm³/mol. The lowest BCUT2D eigenvalue weighted by Gasteiger charge is -2.14. The van der Waals surface area contributed by atoms with E-state index in [2.05, 4.69) is 91.9 Å². The molecule has 1 heteroatoms. The van der Waals surface area contributed by atoms with Gasteiger partial charge < -0.3 is 4.42 Å². The fraction of sp³-hybridized carbons (Fsp3) is 0.0714. The Bertz CT molecular complexity index is 1430. The summed E-state index contributed by atoms with van der Waals surface area (Å²) in [6.07, 6.45) is 5.11. The quantitative estimate of drug-likeness (QED) is 0.310. The number of rotatable bonds is 2. The Balaban J connectivity index is 1.58. The molecule has 0 saturated heterocycles. The van der Waals surface area contributed by atoms with Crippen LogP contribution in [0.1, 0.15) is 22.5 Å². The molecule has 0 bridgehead atoms. The largest absolute Gasteiger partial charge is 0.463 e. The van der Waals surface area contributed by atoms with Crippen molar-refractivity contribution in [2.45, 2.75) is 13.3 Å². The molecule has 0 amide bonds. The van der Waals surface area contributed by atoms with Crippen LogP contribution in [0.4, 0.5) is 0 Å². The van der Waals surface area contributed by atoms with E-state index in [0.717, 1.165) is 17.6 Å². The van der Waals surface area contributed by atoms with Gasteiger partial charge in [0.05, 0.1) is 6.26 Å². The first kappa shape index (κ1) is 16.4. The monoisotopic (exact) mass is 372 g/mol. The third kappa shape index (κ3) is 2.48. The standard InChI is InChI=1S/C28H20O/c1-18-13-14-20-15-22(28-24-11-5-3-8-21(24)17-29-28)16-26(20)27(18)25-12-6-9-19-7-2-4-10-23(19)25/h2-14,16-17H,15H2,1H3. The second-order valence-corrected chi connectivity index (χ2v) is 7.86. The maximum absolute atomic E-state index is 6.01. The van der Waals surface area contributed by atoms with Gasteiger partial charge in [0.15, 0.2) is 0 Å². The molecule has 29 heavy (non-hydrogen) atoms. The number of benzene rings is 4. The Morgan fingerprint density at radius 1 is 0.724 bits per heavy atom. The topological polar surface area (TPSA) is 13.1 Å². The lowest BCUT2D eigenvalue weighted by atomic mass is 9.90. The van der Waals surface area contributed by atoms with Gasteiger partial charge in [0.1, 0.15) is 5.76 Å². The van der Waals surface area contributed by atoms with Gasteiger partial charge in [-0.3, -0.25) is 0 Å². The van der Waals surface area contributed by atoms with Crippen LogP contribution in [0.5, 0.6) is 0 Å². The Morgan fingerprint density at radius 2 is 1.48 bits per heavy atom. The second-order valence-electron chi connectivity index (χ2n) is 7.86. The highest BCUT2D eigenvalue weighted by Gasteiger charge is 2.23. The molecule has 1 nitrogen and oxygen atoms in total. The van der Waals surface area contributed by atoms with Gasteiger partial charge in [-0.1, -0.05) is 78.9 Å². The number of hydrogen-bond donors (Lipinski definition) is 0. The SMILES string of the molecule is Cc1ccc2c(c1-c1cccc3ccccc13)C=C(c1occ3ccccc13)C2. The average Bonchev–Trinajstić information content (AvgIpc) is 3.37. The fourth-order valence-electron chi connectivity index (χ4n) is 4.71. The van der Waals surface area contributed by atoms with Gasteiger partial charge in [0.25, 0.3) is 0 Å². The highest BCUT2D eigenvalue weighted by Crippen LogP contribution is 2.42. The summed E-state index contributed by atoms with van der Waals surface area (Å²) in [6, 6.07) is 28.2. The van der Waals surface area contributed by atoms with Gasteiger partial charge in [-0.05, 0) is 51.6 Å². The molecule has 0 radical (unpaired) electrons. The number of allylic oxidation sites excluding steroid dienone is 1. The molecule has 0 fully saturated rings. The van der Waals surface area contributed by atoms with Crippen LogP contribution < -0.4 is 0 Å². The lowest BCUT2D eigenvalue weighted by molar-refractivity contribution is 0.557. The van der Waals surface area contributed by atoms with E-state index in [4.69, 9.17) is 4.42 Å². The van der Waals surface area contributed by atoms with Crippen molar-refractivity contribution in [2.24, 2.45) is 0 Å². The Labute approximate surface area is 169 Å². The highest BCUT2D eigenvalue weighted by molar-refractivity contribution is 6.04. The van der Waals surface area contributed by atoms with Crippen molar-refractivity contribution in [1.29, 1.82) is 0 Å². The first-order chi connectivity index (χ1) is 14.3. The summed E-state index contributed by atoms with van der Waals surface area (Å²) in [7, 11) is 0. The summed E-state index contributed by atoms with van der Waals surface area (Å²) in [4.78, 5) is 0. The molecular formula is C28H20O. The van der Waals surface area contributed by atoms with Gasteiger partial charge >= 0.3 is 0 Å². The number of aryl methyl sites for hydroxylation is 1. The van der Waals surface area contributed by atoms with E-state index >= 15 is 0 Å². The molecule has 138 valence electrons. The Morgan fingerprint density at radius 3 is 2.38 bits per heavy atom. The van der Waals surface area contributed by atoms with Crippen LogP contribution in [0.3, 0.4) is 0 Å². The summed E-state index contributed by atoms with van der Waals surface area (Å²) in [6.45, 7) is 2.21. The zero-order valence-corrected chi connectivity index (χ0v) is 16.3. The van der Waals surface area contributed by atoms with E-state index in [1.165, 1.54) is 49.5 Å². The summed E-state index contributed by atoms with van der Waals surface area (Å²) in [5, 5.41) is 4.93. The molecule has 4 aromatic carbocycles. The van der Waals surface area contributed by atoms with Crippen molar-refractivity contribution in [1.82, 2.24) is 0 Å². The van der Waals surface area contributed by atoms with Crippen molar-refractivity contribution in [2.75, 3.05) is 0 Å². The summed E-state index contributed by atoms with van der Waals surface area (Å²) < 4.78 is 6.01. The number of fused-ring (bicyclic) bond motifs is 3. The molecule has 0 saturated carbocycles. The lowest BCUT2D eigenvalue weighted by Crippen LogP contribution is -1.92. The minimum absolute atomic E-state index is 0.908. The summed E-state index contributed by atoms with van der Waals surface area (Å²) in [5.74, 6) is 0.998. The average molecular weight is 372 g/mol. The third-order valence-corrected chi connectivity index (χ3v) is 6.10. The molecule has 1 aliphatic rings. The first-order valence-corrected chi connectivity index (χ1v) is 10.1. The van der Waals surface area contributed by atoms with Crippen LogP contribution in [0.15, 0.2) is 89.5 Å². The van der Waals surface area contributed by atoms with Crippen LogP contribution in [0.25, 0.3) is 44.3 Å². The van der Waals surface area contributed by atoms with Crippen LogP contribution in [-0.2, 0) is 6.42 Å². The minimum atomic E-state index is 0.908. The van der Waals surface area contributed by atoms with E-state index in [1.807, 2.05) is 6.26 Å². The van der Waals surface area contributed by atoms with Crippen molar-refractivity contribution >= 4 is 33.2 Å². The molecular weight excluding hydrogens is 352 g/mol. The van der Waals surface area contributed by atoms with Crippen molar-refractivity contribution in [3.63, 3.8) is 0 Å². The molecule has 0 unspecified atom stereocenters. The maximum Gasteiger partial charge on any atom is 0.138 e. The smallest absolute Gasteiger partial charge is 0.138 e. The minimum Gasteiger partial charge on any atom is -0.463 e. The van der Waals surface area contributed by atoms with Crippen LogP contribution in [0.2, 0.25) is 0 Å². The molecule has 1 aromatic heterocycles. The van der Waals surface area contributed by atoms with Gasteiger partial charge in [-0.25, -0.2) is 0 Å². The van der Waals surface area contributed by atoms with Gasteiger partial charge in [-0.15, -0.1) is 0 Å². The number of furan rings is 1. The Kier molecular flexibility index (Phi) is 3.51. The third-order valence-electron chi connectivity index (χ3n) is 6.10. The van der Waals surface area contributed by atoms with Crippen molar-refractivity contribution in [3.05, 3.63) is 108 Å². The van der Waals surface area contributed by atoms with Gasteiger partial charge in [0.2, 0.25) is 0 Å². The molecule has 0 aliphatic heterocycles. The van der Waals surface area contributed by atoms with Crippen LogP contribution in [0, 0.1) is 6.92 Å². The molecule has 1 heterocycles. The molecule has 0 N–H and O–H groups in total. The first-order valence-electron chi connectivity index (χ1n) is 10.1. The maximum atomic E-state index is 6.01. The summed E-state index contributed by atoms with van der Waals surface area (Å²) >= 11 is 0. The number of hydrogen-bond acceptors (Lipinski definition) is 1. The zero-order chi connectivity index (χ0) is 19.4. The van der Waals surface area contributed by atoms with Crippen LogP contribution >= 0.6 is 0 Å². The normalized spacial score (nSPS) is 13.1. The molecule has 5 aromatic rings. The molecule has 6 rings (SSSR count). The van der Waals surface area contributed by atoms with Crippen molar-refractivity contribution < 1.29 is 4.42 Å². The van der Waals surface area contributed by atoms with Gasteiger partial charge in [0, 0.05) is 22.8 Å². The molecule has 1 aliphatic carbocycles. The fourth-order valence-corrected chi connectivity index (χ4v) is 4.71. The molecule has 0 atom stereocenters. The zero-order valence-electron chi connectivity index (χ0n) is 16.3. The van der Waals surface area contributed by atoms with E-state index in [9.17, 15) is 0 Å². The summed E-state index contributed by atoms with van der Waals surface area (Å²) in [5.41, 5.74) is 7.91. The highest BCUT2D eigenvalue weighted by atomic mass is 16.3. The van der Waals surface area contributed by atoms with E-state index < -0.39 is 0 Å². The van der Waals surface area contributed by atoms with Gasteiger partial charge in [-0.2, -0.15) is 0 Å². The Hall–Kier alpha value is -3.58. The second kappa shape index (κ2) is 6.22. The van der Waals surface area contributed by atoms with E-state index in [1.54, 1.807) is 0 Å².